The average Bonchev–Trinajstić information content (AvgIpc) is 2.84. The number of carbonyl (C=O) groups is 1. The highest BCUT2D eigenvalue weighted by molar-refractivity contribution is 5.88. The SMILES string of the molecule is O=C(O)c1ccc(NC2CCc3c(O)cccc32)cc1. The van der Waals surface area contributed by atoms with E-state index in [4.69, 9.17) is 5.11 Å². The van der Waals surface area contributed by atoms with Crippen LogP contribution < -0.4 is 5.32 Å². The average molecular weight is 269 g/mol. The zero-order chi connectivity index (χ0) is 14.1. The molecule has 1 unspecified atom stereocenters. The fourth-order valence-corrected chi connectivity index (χ4v) is 2.70. The molecule has 4 heteroatoms. The lowest BCUT2D eigenvalue weighted by molar-refractivity contribution is 0.0697. The number of carboxylic acid groups (broad SMARTS) is 1. The standard InChI is InChI=1S/C16H15NO3/c18-15-3-1-2-12-13(15)8-9-14(12)17-11-6-4-10(5-7-11)16(19)20/h1-7,14,17-18H,8-9H2,(H,19,20). The number of aromatic carboxylic acids is 1. The van der Waals surface area contributed by atoms with E-state index in [2.05, 4.69) is 5.32 Å². The van der Waals surface area contributed by atoms with Gasteiger partial charge in [0.25, 0.3) is 0 Å². The van der Waals surface area contributed by atoms with Gasteiger partial charge in [0, 0.05) is 5.69 Å². The molecular formula is C16H15NO3. The quantitative estimate of drug-likeness (QED) is 0.800. The van der Waals surface area contributed by atoms with Gasteiger partial charge in [-0.2, -0.15) is 0 Å². The van der Waals surface area contributed by atoms with Crippen molar-refractivity contribution in [2.75, 3.05) is 5.32 Å². The summed E-state index contributed by atoms with van der Waals surface area (Å²) < 4.78 is 0. The topological polar surface area (TPSA) is 69.6 Å². The summed E-state index contributed by atoms with van der Waals surface area (Å²) in [5, 5.41) is 22.1. The maximum atomic E-state index is 10.8. The van der Waals surface area contributed by atoms with Crippen LogP contribution >= 0.6 is 0 Å². The third-order valence-corrected chi connectivity index (χ3v) is 3.72. The Labute approximate surface area is 116 Å². The first kappa shape index (κ1) is 12.5. The Morgan fingerprint density at radius 3 is 2.60 bits per heavy atom. The molecule has 2 aromatic rings. The van der Waals surface area contributed by atoms with Crippen LogP contribution in [0.4, 0.5) is 5.69 Å². The Balaban J connectivity index is 1.80. The molecule has 1 aliphatic carbocycles. The minimum Gasteiger partial charge on any atom is -0.508 e. The van der Waals surface area contributed by atoms with Gasteiger partial charge < -0.3 is 15.5 Å². The van der Waals surface area contributed by atoms with Crippen molar-refractivity contribution in [3.8, 4) is 5.75 Å². The van der Waals surface area contributed by atoms with Crippen LogP contribution in [0.1, 0.15) is 33.9 Å². The molecule has 102 valence electrons. The first-order chi connectivity index (χ1) is 9.65. The van der Waals surface area contributed by atoms with Crippen LogP contribution in [0, 0.1) is 0 Å². The number of benzene rings is 2. The van der Waals surface area contributed by atoms with E-state index in [0.29, 0.717) is 5.75 Å². The fraction of sp³-hybridized carbons (Fsp3) is 0.188. The number of phenols is 1. The third-order valence-electron chi connectivity index (χ3n) is 3.72. The molecule has 0 radical (unpaired) electrons. The lowest BCUT2D eigenvalue weighted by atomic mass is 10.1. The van der Waals surface area contributed by atoms with Crippen LogP contribution in [0.2, 0.25) is 0 Å². The summed E-state index contributed by atoms with van der Waals surface area (Å²) in [6, 6.07) is 12.4. The van der Waals surface area contributed by atoms with E-state index in [1.165, 1.54) is 0 Å². The summed E-state index contributed by atoms with van der Waals surface area (Å²) in [5.41, 5.74) is 3.29. The molecular weight excluding hydrogens is 254 g/mol. The smallest absolute Gasteiger partial charge is 0.335 e. The Bertz CT molecular complexity index is 649. The van der Waals surface area contributed by atoms with Crippen molar-refractivity contribution in [2.24, 2.45) is 0 Å². The van der Waals surface area contributed by atoms with Gasteiger partial charge in [0.1, 0.15) is 5.75 Å². The van der Waals surface area contributed by atoms with Crippen molar-refractivity contribution in [1.82, 2.24) is 0 Å². The van der Waals surface area contributed by atoms with Gasteiger partial charge in [-0.15, -0.1) is 0 Å². The van der Waals surface area contributed by atoms with E-state index in [9.17, 15) is 9.90 Å². The summed E-state index contributed by atoms with van der Waals surface area (Å²) in [4.78, 5) is 10.8. The third kappa shape index (κ3) is 2.20. The number of hydrogen-bond acceptors (Lipinski definition) is 3. The van der Waals surface area contributed by atoms with E-state index >= 15 is 0 Å². The van der Waals surface area contributed by atoms with Gasteiger partial charge in [0.05, 0.1) is 11.6 Å². The van der Waals surface area contributed by atoms with Gasteiger partial charge >= 0.3 is 5.97 Å². The second-order valence-electron chi connectivity index (χ2n) is 4.96. The lowest BCUT2D eigenvalue weighted by Gasteiger charge is -2.15. The van der Waals surface area contributed by atoms with Crippen LogP contribution in [0.25, 0.3) is 0 Å². The van der Waals surface area contributed by atoms with Crippen molar-refractivity contribution in [3.05, 3.63) is 59.2 Å². The Morgan fingerprint density at radius 2 is 1.90 bits per heavy atom. The van der Waals surface area contributed by atoms with Crippen LogP contribution in [-0.2, 0) is 6.42 Å². The fourth-order valence-electron chi connectivity index (χ4n) is 2.70. The van der Waals surface area contributed by atoms with Gasteiger partial charge in [-0.3, -0.25) is 0 Å². The summed E-state index contributed by atoms with van der Waals surface area (Å²) >= 11 is 0. The van der Waals surface area contributed by atoms with Crippen LogP contribution in [0.5, 0.6) is 5.75 Å². The minimum absolute atomic E-state index is 0.160. The zero-order valence-corrected chi connectivity index (χ0v) is 10.8. The van der Waals surface area contributed by atoms with E-state index in [1.807, 2.05) is 12.1 Å². The molecule has 1 atom stereocenters. The molecule has 1 aliphatic rings. The van der Waals surface area contributed by atoms with Crippen LogP contribution in [0.15, 0.2) is 42.5 Å². The Morgan fingerprint density at radius 1 is 1.15 bits per heavy atom. The lowest BCUT2D eigenvalue weighted by Crippen LogP contribution is -2.07. The Kier molecular flexibility index (Phi) is 3.06. The van der Waals surface area contributed by atoms with Crippen molar-refractivity contribution in [2.45, 2.75) is 18.9 Å². The molecule has 2 aromatic carbocycles. The molecule has 0 aliphatic heterocycles. The molecule has 0 fully saturated rings. The normalized spacial score (nSPS) is 16.7. The number of rotatable bonds is 3. The molecule has 3 rings (SSSR count). The number of nitrogens with one attached hydrogen (secondary N) is 1. The zero-order valence-electron chi connectivity index (χ0n) is 10.8. The number of carboxylic acids is 1. The van der Waals surface area contributed by atoms with Crippen LogP contribution in [-0.4, -0.2) is 16.2 Å². The number of aromatic hydroxyl groups is 1. The summed E-state index contributed by atoms with van der Waals surface area (Å²) in [7, 11) is 0. The van der Waals surface area contributed by atoms with E-state index in [0.717, 1.165) is 29.7 Å². The molecule has 0 saturated heterocycles. The molecule has 20 heavy (non-hydrogen) atoms. The first-order valence-corrected chi connectivity index (χ1v) is 6.56. The van der Waals surface area contributed by atoms with Gasteiger partial charge in [-0.1, -0.05) is 12.1 Å². The molecule has 0 saturated carbocycles. The van der Waals surface area contributed by atoms with Crippen molar-refractivity contribution in [3.63, 3.8) is 0 Å². The molecule has 0 aromatic heterocycles. The monoisotopic (exact) mass is 269 g/mol. The first-order valence-electron chi connectivity index (χ1n) is 6.56. The molecule has 4 nitrogen and oxygen atoms in total. The molecule has 3 N–H and O–H groups in total. The summed E-state index contributed by atoms with van der Waals surface area (Å²) in [6.45, 7) is 0. The highest BCUT2D eigenvalue weighted by Gasteiger charge is 2.24. The predicted molar refractivity (Wildman–Crippen MR) is 76.2 cm³/mol. The highest BCUT2D eigenvalue weighted by Crippen LogP contribution is 2.38. The van der Waals surface area contributed by atoms with E-state index in [-0.39, 0.29) is 11.6 Å². The molecule has 0 bridgehead atoms. The second-order valence-corrected chi connectivity index (χ2v) is 4.96. The second kappa shape index (κ2) is 4.89. The van der Waals surface area contributed by atoms with E-state index in [1.54, 1.807) is 30.3 Å². The van der Waals surface area contributed by atoms with Crippen LogP contribution in [0.3, 0.4) is 0 Å². The molecule has 0 spiro atoms. The maximum Gasteiger partial charge on any atom is 0.335 e. The molecule has 0 heterocycles. The van der Waals surface area contributed by atoms with Crippen molar-refractivity contribution in [1.29, 1.82) is 0 Å². The van der Waals surface area contributed by atoms with Crippen molar-refractivity contribution >= 4 is 11.7 Å². The highest BCUT2D eigenvalue weighted by atomic mass is 16.4. The van der Waals surface area contributed by atoms with Gasteiger partial charge in [-0.25, -0.2) is 4.79 Å². The maximum absolute atomic E-state index is 10.8. The predicted octanol–water partition coefficient (Wildman–Crippen LogP) is 3.19. The largest absolute Gasteiger partial charge is 0.508 e. The minimum atomic E-state index is -0.923. The van der Waals surface area contributed by atoms with Gasteiger partial charge in [-0.05, 0) is 54.3 Å². The summed E-state index contributed by atoms with van der Waals surface area (Å²) in [5.74, 6) is -0.569. The van der Waals surface area contributed by atoms with Gasteiger partial charge in [0.15, 0.2) is 0 Å². The number of hydrogen-bond donors (Lipinski definition) is 3. The van der Waals surface area contributed by atoms with E-state index < -0.39 is 5.97 Å². The number of anilines is 1. The number of fused-ring (bicyclic) bond motifs is 1. The number of phenolic OH excluding ortho intramolecular Hbond substituents is 1. The summed E-state index contributed by atoms with van der Waals surface area (Å²) in [6.07, 6.45) is 1.78. The van der Waals surface area contributed by atoms with Gasteiger partial charge in [0.2, 0.25) is 0 Å². The Hall–Kier alpha value is -2.49. The molecule has 0 amide bonds. The van der Waals surface area contributed by atoms with Crippen molar-refractivity contribution < 1.29 is 15.0 Å².